The molecule has 1 aliphatic heterocycles. The number of carbonyl (C=O) groups is 2. The van der Waals surface area contributed by atoms with Gasteiger partial charge < -0.3 is 19.9 Å². The summed E-state index contributed by atoms with van der Waals surface area (Å²) in [4.78, 5) is 27.7. The van der Waals surface area contributed by atoms with Crippen LogP contribution in [0.4, 0.5) is 16.3 Å². The number of rotatable bonds is 4. The number of ether oxygens (including phenoxy) is 1. The maximum absolute atomic E-state index is 12.2. The summed E-state index contributed by atoms with van der Waals surface area (Å²) in [5, 5.41) is 11.5. The Bertz CT molecular complexity index is 790. The van der Waals surface area contributed by atoms with Crippen LogP contribution < -0.4 is 10.2 Å². The number of hydrogen-bond acceptors (Lipinski definition) is 6. The number of hydrogen-bond donors (Lipinski definition) is 1. The quantitative estimate of drug-likeness (QED) is 0.864. The molecule has 9 heteroatoms. The molecule has 0 unspecified atom stereocenters. The van der Waals surface area contributed by atoms with Gasteiger partial charge in [0, 0.05) is 36.9 Å². The maximum Gasteiger partial charge on any atom is 0.409 e. The van der Waals surface area contributed by atoms with E-state index in [1.54, 1.807) is 48.2 Å². The van der Waals surface area contributed by atoms with E-state index in [1.165, 1.54) is 0 Å². The molecule has 1 aliphatic rings. The molecule has 1 aromatic carbocycles. The Hall–Kier alpha value is -2.87. The summed E-state index contributed by atoms with van der Waals surface area (Å²) in [6.45, 7) is 4.52. The Balaban J connectivity index is 1.56. The number of nitrogens with one attached hydrogen (secondary N) is 1. The fourth-order valence-corrected chi connectivity index (χ4v) is 2.80. The number of benzene rings is 1. The van der Waals surface area contributed by atoms with Crippen LogP contribution in [0.1, 0.15) is 17.4 Å². The molecule has 0 saturated carbocycles. The van der Waals surface area contributed by atoms with E-state index in [0.717, 1.165) is 0 Å². The lowest BCUT2D eigenvalue weighted by atomic mass is 10.3. The zero-order valence-corrected chi connectivity index (χ0v) is 15.6. The first-order valence-electron chi connectivity index (χ1n) is 8.64. The fraction of sp³-hybridized carbons (Fsp3) is 0.333. The van der Waals surface area contributed by atoms with E-state index in [-0.39, 0.29) is 17.7 Å². The van der Waals surface area contributed by atoms with Gasteiger partial charge in [0.05, 0.1) is 6.61 Å². The Morgan fingerprint density at radius 2 is 1.78 bits per heavy atom. The van der Waals surface area contributed by atoms with Gasteiger partial charge >= 0.3 is 6.09 Å². The summed E-state index contributed by atoms with van der Waals surface area (Å²) in [5.74, 6) is 0.324. The molecule has 2 heterocycles. The van der Waals surface area contributed by atoms with E-state index >= 15 is 0 Å². The van der Waals surface area contributed by atoms with Crippen LogP contribution in [0.15, 0.2) is 36.4 Å². The normalized spacial score (nSPS) is 14.0. The lowest BCUT2D eigenvalue weighted by Gasteiger charge is -2.34. The van der Waals surface area contributed by atoms with Gasteiger partial charge in [-0.15, -0.1) is 10.2 Å². The highest BCUT2D eigenvalue weighted by molar-refractivity contribution is 6.30. The standard InChI is InChI=1S/C18H20ClN5O3/c1-2-27-18(26)24-11-9-23(10-12-24)16-8-7-15(21-22-16)17(25)20-14-5-3-13(19)4-6-14/h3-8H,2,9-12H2,1H3,(H,20,25). The van der Waals surface area contributed by atoms with Crippen molar-refractivity contribution in [3.05, 3.63) is 47.1 Å². The molecule has 0 atom stereocenters. The minimum Gasteiger partial charge on any atom is -0.450 e. The average molecular weight is 390 g/mol. The van der Waals surface area contributed by atoms with Crippen molar-refractivity contribution in [1.29, 1.82) is 0 Å². The van der Waals surface area contributed by atoms with Crippen LogP contribution in [-0.2, 0) is 4.74 Å². The van der Waals surface area contributed by atoms with Gasteiger partial charge in [0.2, 0.25) is 0 Å². The van der Waals surface area contributed by atoms with Crippen LogP contribution in [0, 0.1) is 0 Å². The van der Waals surface area contributed by atoms with Gasteiger partial charge in [-0.2, -0.15) is 0 Å². The Kier molecular flexibility index (Phi) is 6.08. The largest absolute Gasteiger partial charge is 0.450 e. The average Bonchev–Trinajstić information content (AvgIpc) is 2.70. The van der Waals surface area contributed by atoms with Crippen LogP contribution >= 0.6 is 11.6 Å². The van der Waals surface area contributed by atoms with Gasteiger partial charge in [-0.3, -0.25) is 4.79 Å². The van der Waals surface area contributed by atoms with E-state index in [9.17, 15) is 9.59 Å². The Morgan fingerprint density at radius 3 is 2.37 bits per heavy atom. The molecule has 0 spiro atoms. The van der Waals surface area contributed by atoms with Crippen LogP contribution in [-0.4, -0.2) is 59.9 Å². The number of halogens is 1. The van der Waals surface area contributed by atoms with E-state index in [0.29, 0.717) is 49.3 Å². The first kappa shape index (κ1) is 18.9. The molecule has 8 nitrogen and oxygen atoms in total. The second-order valence-electron chi connectivity index (χ2n) is 5.91. The van der Waals surface area contributed by atoms with Crippen LogP contribution in [0.25, 0.3) is 0 Å². The number of amides is 2. The molecular weight excluding hydrogens is 370 g/mol. The van der Waals surface area contributed by atoms with Crippen molar-refractivity contribution in [1.82, 2.24) is 15.1 Å². The van der Waals surface area contributed by atoms with Crippen molar-refractivity contribution in [3.8, 4) is 0 Å². The molecule has 1 saturated heterocycles. The second-order valence-corrected chi connectivity index (χ2v) is 6.35. The summed E-state index contributed by atoms with van der Waals surface area (Å²) in [7, 11) is 0. The molecule has 0 aliphatic carbocycles. The summed E-state index contributed by atoms with van der Waals surface area (Å²) in [6.07, 6.45) is -0.294. The third kappa shape index (κ3) is 4.85. The van der Waals surface area contributed by atoms with Gasteiger partial charge in [-0.25, -0.2) is 4.79 Å². The second kappa shape index (κ2) is 8.68. The Labute approximate surface area is 162 Å². The molecule has 0 bridgehead atoms. The smallest absolute Gasteiger partial charge is 0.409 e. The number of carbonyl (C=O) groups excluding carboxylic acids is 2. The highest BCUT2D eigenvalue weighted by atomic mass is 35.5. The summed E-state index contributed by atoms with van der Waals surface area (Å²) < 4.78 is 5.01. The maximum atomic E-state index is 12.2. The zero-order valence-electron chi connectivity index (χ0n) is 14.9. The highest BCUT2D eigenvalue weighted by Gasteiger charge is 2.23. The molecule has 2 amide bonds. The number of nitrogens with zero attached hydrogens (tertiary/aromatic N) is 4. The first-order valence-corrected chi connectivity index (χ1v) is 9.02. The van der Waals surface area contributed by atoms with Gasteiger partial charge in [0.15, 0.2) is 11.5 Å². The monoisotopic (exact) mass is 389 g/mol. The van der Waals surface area contributed by atoms with Crippen LogP contribution in [0.2, 0.25) is 5.02 Å². The van der Waals surface area contributed by atoms with Gasteiger partial charge in [-0.05, 0) is 43.3 Å². The van der Waals surface area contributed by atoms with E-state index in [4.69, 9.17) is 16.3 Å². The van der Waals surface area contributed by atoms with Crippen molar-refractivity contribution >= 4 is 35.1 Å². The van der Waals surface area contributed by atoms with Crippen molar-refractivity contribution in [2.24, 2.45) is 0 Å². The predicted octanol–water partition coefficient (Wildman–Crippen LogP) is 2.66. The third-order valence-corrected chi connectivity index (χ3v) is 4.37. The molecule has 1 aromatic heterocycles. The zero-order chi connectivity index (χ0) is 19.2. The lowest BCUT2D eigenvalue weighted by Crippen LogP contribution is -2.49. The number of aromatic nitrogens is 2. The molecule has 0 radical (unpaired) electrons. The SMILES string of the molecule is CCOC(=O)N1CCN(c2ccc(C(=O)Nc3ccc(Cl)cc3)nn2)CC1. The number of piperazine rings is 1. The molecule has 2 aromatic rings. The molecule has 3 rings (SSSR count). The highest BCUT2D eigenvalue weighted by Crippen LogP contribution is 2.16. The molecular formula is C18H20ClN5O3. The molecule has 1 N–H and O–H groups in total. The van der Waals surface area contributed by atoms with Crippen molar-refractivity contribution < 1.29 is 14.3 Å². The van der Waals surface area contributed by atoms with Gasteiger partial charge in [-0.1, -0.05) is 11.6 Å². The predicted molar refractivity (Wildman–Crippen MR) is 102 cm³/mol. The minimum atomic E-state index is -0.344. The topological polar surface area (TPSA) is 87.7 Å². The van der Waals surface area contributed by atoms with E-state index in [1.807, 2.05) is 4.90 Å². The Morgan fingerprint density at radius 1 is 1.07 bits per heavy atom. The van der Waals surface area contributed by atoms with E-state index < -0.39 is 0 Å². The lowest BCUT2D eigenvalue weighted by molar-refractivity contribution is 0.101. The molecule has 27 heavy (non-hydrogen) atoms. The van der Waals surface area contributed by atoms with Crippen LogP contribution in [0.3, 0.4) is 0 Å². The molecule has 142 valence electrons. The van der Waals surface area contributed by atoms with Crippen molar-refractivity contribution in [2.75, 3.05) is 43.0 Å². The van der Waals surface area contributed by atoms with Gasteiger partial charge in [0.1, 0.15) is 0 Å². The van der Waals surface area contributed by atoms with Crippen LogP contribution in [0.5, 0.6) is 0 Å². The third-order valence-electron chi connectivity index (χ3n) is 4.11. The number of anilines is 2. The first-order chi connectivity index (χ1) is 13.1. The summed E-state index contributed by atoms with van der Waals surface area (Å²) >= 11 is 5.83. The van der Waals surface area contributed by atoms with Gasteiger partial charge in [0.25, 0.3) is 5.91 Å². The minimum absolute atomic E-state index is 0.221. The van der Waals surface area contributed by atoms with E-state index in [2.05, 4.69) is 15.5 Å². The van der Waals surface area contributed by atoms with Crippen molar-refractivity contribution in [3.63, 3.8) is 0 Å². The molecule has 1 fully saturated rings. The fourth-order valence-electron chi connectivity index (χ4n) is 2.68. The summed E-state index contributed by atoms with van der Waals surface area (Å²) in [6, 6.07) is 10.2. The summed E-state index contributed by atoms with van der Waals surface area (Å²) in [5.41, 5.74) is 0.851. The van der Waals surface area contributed by atoms with Crippen molar-refractivity contribution in [2.45, 2.75) is 6.92 Å².